The van der Waals surface area contributed by atoms with E-state index in [1.165, 1.54) is 23.1 Å². The van der Waals surface area contributed by atoms with Crippen molar-refractivity contribution < 1.29 is 4.79 Å². The van der Waals surface area contributed by atoms with Crippen molar-refractivity contribution in [1.82, 2.24) is 9.88 Å². The quantitative estimate of drug-likeness (QED) is 0.667. The number of aromatic nitrogens is 1. The van der Waals surface area contributed by atoms with Crippen LogP contribution in [0.4, 0.5) is 10.8 Å². The van der Waals surface area contributed by atoms with Crippen LogP contribution in [-0.4, -0.2) is 28.0 Å². The molecule has 0 radical (unpaired) electrons. The predicted octanol–water partition coefficient (Wildman–Crippen LogP) is 3.66. The van der Waals surface area contributed by atoms with Crippen LogP contribution in [0.3, 0.4) is 0 Å². The first kappa shape index (κ1) is 15.8. The molecule has 0 unspecified atom stereocenters. The SMILES string of the molecule is C/C(=C1/S/C(=N/c2nc(C)cs2)N(C)C1=O)c1cccc(N)c1. The van der Waals surface area contributed by atoms with Crippen LogP contribution in [0.5, 0.6) is 0 Å². The van der Waals surface area contributed by atoms with Crippen LogP contribution in [0.2, 0.25) is 0 Å². The lowest BCUT2D eigenvalue weighted by molar-refractivity contribution is -0.121. The average molecular weight is 344 g/mol. The van der Waals surface area contributed by atoms with Crippen LogP contribution in [0, 0.1) is 6.92 Å². The number of thiazole rings is 1. The molecule has 5 nitrogen and oxygen atoms in total. The van der Waals surface area contributed by atoms with Crippen molar-refractivity contribution in [1.29, 1.82) is 0 Å². The second kappa shape index (κ2) is 6.17. The van der Waals surface area contributed by atoms with Crippen molar-refractivity contribution in [3.05, 3.63) is 45.8 Å². The number of carbonyl (C=O) groups is 1. The lowest BCUT2D eigenvalue weighted by Crippen LogP contribution is -2.23. The van der Waals surface area contributed by atoms with Gasteiger partial charge in [-0.25, -0.2) is 4.98 Å². The highest BCUT2D eigenvalue weighted by Gasteiger charge is 2.32. The molecule has 118 valence electrons. The molecule has 3 rings (SSSR count). The number of likely N-dealkylation sites (N-methyl/N-ethyl adjacent to an activating group) is 1. The molecule has 23 heavy (non-hydrogen) atoms. The predicted molar refractivity (Wildman–Crippen MR) is 97.8 cm³/mol. The summed E-state index contributed by atoms with van der Waals surface area (Å²) in [6.07, 6.45) is 0. The molecule has 0 spiro atoms. The molecule has 0 atom stereocenters. The van der Waals surface area contributed by atoms with Gasteiger partial charge in [-0.1, -0.05) is 12.1 Å². The maximum absolute atomic E-state index is 12.5. The Labute approximate surface area is 142 Å². The van der Waals surface area contributed by atoms with E-state index in [1.54, 1.807) is 11.9 Å². The number of anilines is 1. The maximum Gasteiger partial charge on any atom is 0.266 e. The number of aliphatic imine (C=N–C) groups is 1. The number of rotatable bonds is 2. The van der Waals surface area contributed by atoms with E-state index >= 15 is 0 Å². The number of hydrogen-bond acceptors (Lipinski definition) is 6. The second-order valence-electron chi connectivity index (χ2n) is 5.21. The number of amides is 1. The minimum Gasteiger partial charge on any atom is -0.399 e. The third kappa shape index (κ3) is 3.16. The lowest BCUT2D eigenvalue weighted by atomic mass is 10.1. The largest absolute Gasteiger partial charge is 0.399 e. The molecule has 1 amide bonds. The van der Waals surface area contributed by atoms with Crippen molar-refractivity contribution in [2.75, 3.05) is 12.8 Å². The molecule has 2 N–H and O–H groups in total. The number of hydrogen-bond donors (Lipinski definition) is 1. The molecule has 1 aromatic heterocycles. The molecule has 2 aromatic rings. The third-order valence-corrected chi connectivity index (χ3v) is 5.52. The van der Waals surface area contributed by atoms with Crippen LogP contribution in [0.15, 0.2) is 39.5 Å². The Kier molecular flexibility index (Phi) is 4.23. The highest BCUT2D eigenvalue weighted by Crippen LogP contribution is 2.37. The Morgan fingerprint density at radius 2 is 2.17 bits per heavy atom. The fourth-order valence-electron chi connectivity index (χ4n) is 2.16. The van der Waals surface area contributed by atoms with Gasteiger partial charge in [0.05, 0.1) is 10.6 Å². The second-order valence-corrected chi connectivity index (χ2v) is 7.03. The summed E-state index contributed by atoms with van der Waals surface area (Å²) in [6.45, 7) is 3.85. The maximum atomic E-state index is 12.5. The Morgan fingerprint density at radius 1 is 1.39 bits per heavy atom. The summed E-state index contributed by atoms with van der Waals surface area (Å²) >= 11 is 2.84. The molecule has 2 heterocycles. The van der Waals surface area contributed by atoms with E-state index in [0.717, 1.165) is 16.8 Å². The molecule has 1 aliphatic rings. The molecule has 7 heteroatoms. The third-order valence-electron chi connectivity index (χ3n) is 3.44. The zero-order valence-electron chi connectivity index (χ0n) is 13.0. The van der Waals surface area contributed by atoms with Crippen molar-refractivity contribution in [3.63, 3.8) is 0 Å². The smallest absolute Gasteiger partial charge is 0.266 e. The van der Waals surface area contributed by atoms with Crippen LogP contribution in [0.1, 0.15) is 18.2 Å². The number of carbonyl (C=O) groups excluding carboxylic acids is 1. The minimum atomic E-state index is -0.0537. The van der Waals surface area contributed by atoms with Gasteiger partial charge in [0.2, 0.25) is 5.13 Å². The Morgan fingerprint density at radius 3 is 2.83 bits per heavy atom. The fourth-order valence-corrected chi connectivity index (χ4v) is 3.91. The van der Waals surface area contributed by atoms with Crippen LogP contribution >= 0.6 is 23.1 Å². The van der Waals surface area contributed by atoms with Crippen molar-refractivity contribution in [2.24, 2.45) is 4.99 Å². The Hall–Kier alpha value is -2.12. The Balaban J connectivity index is 1.97. The highest BCUT2D eigenvalue weighted by atomic mass is 32.2. The van der Waals surface area contributed by atoms with Gasteiger partial charge in [-0.05, 0) is 48.9 Å². The molecule has 0 aliphatic carbocycles. The normalized spacial score (nSPS) is 18.8. The van der Waals surface area contributed by atoms with Crippen molar-refractivity contribution >= 4 is 50.6 Å². The van der Waals surface area contributed by atoms with Gasteiger partial charge in [0.1, 0.15) is 0 Å². The van der Waals surface area contributed by atoms with Gasteiger partial charge in [0.25, 0.3) is 5.91 Å². The molecule has 1 aliphatic heterocycles. The number of nitrogens with two attached hydrogens (primary N) is 1. The van der Waals surface area contributed by atoms with E-state index in [-0.39, 0.29) is 5.91 Å². The molecule has 0 saturated carbocycles. The number of benzene rings is 1. The zero-order valence-corrected chi connectivity index (χ0v) is 14.7. The van der Waals surface area contributed by atoms with Crippen LogP contribution in [0.25, 0.3) is 5.57 Å². The summed E-state index contributed by atoms with van der Waals surface area (Å²) in [6, 6.07) is 7.53. The van der Waals surface area contributed by atoms with E-state index in [4.69, 9.17) is 5.73 Å². The number of nitrogens with zero attached hydrogens (tertiary/aromatic N) is 3. The van der Waals surface area contributed by atoms with Gasteiger partial charge in [0.15, 0.2) is 5.17 Å². The molecule has 1 fully saturated rings. The van der Waals surface area contributed by atoms with Gasteiger partial charge >= 0.3 is 0 Å². The zero-order chi connectivity index (χ0) is 16.6. The number of nitrogen functional groups attached to an aromatic ring is 1. The van der Waals surface area contributed by atoms with E-state index in [1.807, 2.05) is 43.5 Å². The number of aryl methyl sites for hydroxylation is 1. The summed E-state index contributed by atoms with van der Waals surface area (Å²) in [5.41, 5.74) is 9.29. The van der Waals surface area contributed by atoms with Gasteiger partial charge in [-0.15, -0.1) is 11.3 Å². The van der Waals surface area contributed by atoms with Gasteiger partial charge < -0.3 is 5.73 Å². The minimum absolute atomic E-state index is 0.0537. The summed E-state index contributed by atoms with van der Waals surface area (Å²) in [5, 5.41) is 3.24. The average Bonchev–Trinajstić information content (AvgIpc) is 3.05. The van der Waals surface area contributed by atoms with Crippen LogP contribution in [-0.2, 0) is 4.79 Å². The van der Waals surface area contributed by atoms with E-state index < -0.39 is 0 Å². The van der Waals surface area contributed by atoms with E-state index in [2.05, 4.69) is 9.98 Å². The number of thioether (sulfide) groups is 1. The monoisotopic (exact) mass is 344 g/mol. The standard InChI is InChI=1S/C16H16N4OS2/c1-9-8-22-15(18-9)19-16-20(3)14(21)13(23-16)10(2)11-5-4-6-12(17)7-11/h4-8H,17H2,1-3H3/b13-10-,19-16+. The first-order valence-electron chi connectivity index (χ1n) is 6.99. The summed E-state index contributed by atoms with van der Waals surface area (Å²) in [4.78, 5) is 23.6. The highest BCUT2D eigenvalue weighted by molar-refractivity contribution is 8.18. The molecule has 1 saturated heterocycles. The Bertz CT molecular complexity index is 838. The molecule has 0 bridgehead atoms. The van der Waals surface area contributed by atoms with Gasteiger partial charge in [-0.3, -0.25) is 9.69 Å². The number of allylic oxidation sites excluding steroid dienone is 1. The molecular weight excluding hydrogens is 328 g/mol. The van der Waals surface area contributed by atoms with Crippen molar-refractivity contribution in [3.8, 4) is 0 Å². The lowest BCUT2D eigenvalue weighted by Gasteiger charge is -2.07. The van der Waals surface area contributed by atoms with Crippen LogP contribution < -0.4 is 5.73 Å². The fraction of sp³-hybridized carbons (Fsp3) is 0.188. The van der Waals surface area contributed by atoms with Crippen molar-refractivity contribution in [2.45, 2.75) is 13.8 Å². The number of amidine groups is 1. The van der Waals surface area contributed by atoms with E-state index in [9.17, 15) is 4.79 Å². The summed E-state index contributed by atoms with van der Waals surface area (Å²) < 4.78 is 0. The summed E-state index contributed by atoms with van der Waals surface area (Å²) in [7, 11) is 1.73. The van der Waals surface area contributed by atoms with E-state index in [0.29, 0.717) is 20.9 Å². The topological polar surface area (TPSA) is 71.6 Å². The summed E-state index contributed by atoms with van der Waals surface area (Å²) in [5.74, 6) is -0.0537. The molecular formula is C16H16N4OS2. The first-order valence-corrected chi connectivity index (χ1v) is 8.69. The molecule has 1 aromatic carbocycles. The van der Waals surface area contributed by atoms with Gasteiger partial charge in [-0.2, -0.15) is 4.99 Å². The first-order chi connectivity index (χ1) is 11.0. The van der Waals surface area contributed by atoms with Gasteiger partial charge in [0, 0.05) is 18.1 Å².